The first kappa shape index (κ1) is 11.9. The molecular formula is C12H22N2O2. The quantitative estimate of drug-likeness (QED) is 0.740. The lowest BCUT2D eigenvalue weighted by Gasteiger charge is -2.26. The summed E-state index contributed by atoms with van der Waals surface area (Å²) in [6, 6.07) is 0. The molecule has 1 aliphatic carbocycles. The van der Waals surface area contributed by atoms with Crippen molar-refractivity contribution in [2.75, 3.05) is 26.3 Å². The summed E-state index contributed by atoms with van der Waals surface area (Å²) in [5.41, 5.74) is 5.50. The Bertz CT molecular complexity index is 243. The van der Waals surface area contributed by atoms with Gasteiger partial charge in [0, 0.05) is 25.6 Å². The number of hydrogen-bond acceptors (Lipinski definition) is 3. The van der Waals surface area contributed by atoms with Crippen molar-refractivity contribution in [3.8, 4) is 0 Å². The molecule has 2 aliphatic rings. The van der Waals surface area contributed by atoms with Gasteiger partial charge in [-0.15, -0.1) is 0 Å². The molecule has 0 aromatic rings. The molecule has 3 N–H and O–H groups in total. The molecule has 1 unspecified atom stereocenters. The average Bonchev–Trinajstić information content (AvgIpc) is 2.97. The lowest BCUT2D eigenvalue weighted by atomic mass is 9.85. The lowest BCUT2D eigenvalue weighted by Crippen LogP contribution is -2.45. The van der Waals surface area contributed by atoms with Gasteiger partial charge in [-0.1, -0.05) is 12.8 Å². The van der Waals surface area contributed by atoms with Crippen molar-refractivity contribution in [1.29, 1.82) is 0 Å². The smallest absolute Gasteiger partial charge is 0.227 e. The summed E-state index contributed by atoms with van der Waals surface area (Å²) in [7, 11) is 0. The third-order valence-corrected chi connectivity index (χ3v) is 4.01. The Labute approximate surface area is 96.9 Å². The Kier molecular flexibility index (Phi) is 3.82. The fourth-order valence-electron chi connectivity index (χ4n) is 2.74. The summed E-state index contributed by atoms with van der Waals surface area (Å²) < 4.78 is 5.29. The molecule has 1 heterocycles. The second kappa shape index (κ2) is 5.15. The van der Waals surface area contributed by atoms with Crippen LogP contribution < -0.4 is 11.1 Å². The fourth-order valence-corrected chi connectivity index (χ4v) is 2.74. The molecule has 0 spiro atoms. The average molecular weight is 226 g/mol. The number of rotatable bonds is 4. The monoisotopic (exact) mass is 226 g/mol. The summed E-state index contributed by atoms with van der Waals surface area (Å²) in [5, 5.41) is 3.06. The highest BCUT2D eigenvalue weighted by atomic mass is 16.5. The SMILES string of the molecule is NCC1(C(=O)NCC2CCOC2)CCCC1. The summed E-state index contributed by atoms with van der Waals surface area (Å²) in [6.45, 7) is 2.86. The van der Waals surface area contributed by atoms with Gasteiger partial charge in [-0.2, -0.15) is 0 Å². The molecule has 2 rings (SSSR count). The highest BCUT2D eigenvalue weighted by Gasteiger charge is 2.39. The van der Waals surface area contributed by atoms with Gasteiger partial charge in [0.1, 0.15) is 0 Å². The van der Waals surface area contributed by atoms with Crippen LogP contribution >= 0.6 is 0 Å². The number of hydrogen-bond donors (Lipinski definition) is 2. The van der Waals surface area contributed by atoms with E-state index in [2.05, 4.69) is 5.32 Å². The number of amides is 1. The number of nitrogens with two attached hydrogens (primary N) is 1. The van der Waals surface area contributed by atoms with Crippen molar-refractivity contribution in [2.24, 2.45) is 17.1 Å². The zero-order chi connectivity index (χ0) is 11.4. The van der Waals surface area contributed by atoms with Crippen molar-refractivity contribution >= 4 is 5.91 Å². The van der Waals surface area contributed by atoms with Crippen LogP contribution in [0.1, 0.15) is 32.1 Å². The van der Waals surface area contributed by atoms with E-state index in [1.165, 1.54) is 0 Å². The minimum atomic E-state index is -0.264. The third kappa shape index (κ3) is 2.38. The van der Waals surface area contributed by atoms with E-state index >= 15 is 0 Å². The van der Waals surface area contributed by atoms with Crippen LogP contribution in [-0.2, 0) is 9.53 Å². The maximum atomic E-state index is 12.1. The topological polar surface area (TPSA) is 64.4 Å². The summed E-state index contributed by atoms with van der Waals surface area (Å²) in [6.07, 6.45) is 5.25. The second-order valence-electron chi connectivity index (χ2n) is 5.13. The van der Waals surface area contributed by atoms with Crippen LogP contribution in [-0.4, -0.2) is 32.2 Å². The van der Waals surface area contributed by atoms with Crippen LogP contribution in [0.2, 0.25) is 0 Å². The molecule has 16 heavy (non-hydrogen) atoms. The van der Waals surface area contributed by atoms with Crippen LogP contribution in [0.5, 0.6) is 0 Å². The van der Waals surface area contributed by atoms with E-state index in [1.54, 1.807) is 0 Å². The molecule has 2 fully saturated rings. The second-order valence-corrected chi connectivity index (χ2v) is 5.13. The molecule has 1 amide bonds. The van der Waals surface area contributed by atoms with Crippen LogP contribution in [0.4, 0.5) is 0 Å². The molecule has 1 saturated heterocycles. The van der Waals surface area contributed by atoms with Gasteiger partial charge in [0.05, 0.1) is 12.0 Å². The summed E-state index contributed by atoms with van der Waals surface area (Å²) in [4.78, 5) is 12.1. The minimum Gasteiger partial charge on any atom is -0.381 e. The molecule has 1 atom stereocenters. The van der Waals surface area contributed by atoms with E-state index in [-0.39, 0.29) is 11.3 Å². The van der Waals surface area contributed by atoms with E-state index in [0.717, 1.165) is 51.9 Å². The normalized spacial score (nSPS) is 28.2. The highest BCUT2D eigenvalue weighted by Crippen LogP contribution is 2.37. The molecule has 4 heteroatoms. The molecular weight excluding hydrogens is 204 g/mol. The van der Waals surface area contributed by atoms with E-state index in [1.807, 2.05) is 0 Å². The van der Waals surface area contributed by atoms with Gasteiger partial charge in [-0.3, -0.25) is 4.79 Å². The highest BCUT2D eigenvalue weighted by molar-refractivity contribution is 5.83. The van der Waals surface area contributed by atoms with Crippen LogP contribution in [0.3, 0.4) is 0 Å². The predicted octanol–water partition coefficient (Wildman–Crippen LogP) is 0.658. The minimum absolute atomic E-state index is 0.166. The van der Waals surface area contributed by atoms with Crippen molar-refractivity contribution in [1.82, 2.24) is 5.32 Å². The van der Waals surface area contributed by atoms with E-state index in [0.29, 0.717) is 12.5 Å². The van der Waals surface area contributed by atoms with Gasteiger partial charge < -0.3 is 15.8 Å². The van der Waals surface area contributed by atoms with Crippen molar-refractivity contribution < 1.29 is 9.53 Å². The summed E-state index contributed by atoms with van der Waals surface area (Å²) in [5.74, 6) is 0.666. The summed E-state index contributed by atoms with van der Waals surface area (Å²) >= 11 is 0. The predicted molar refractivity (Wildman–Crippen MR) is 61.9 cm³/mol. The number of carbonyl (C=O) groups excluding carboxylic acids is 1. The van der Waals surface area contributed by atoms with Gasteiger partial charge in [-0.05, 0) is 19.3 Å². The van der Waals surface area contributed by atoms with E-state index in [9.17, 15) is 4.79 Å². The zero-order valence-electron chi connectivity index (χ0n) is 9.84. The Balaban J connectivity index is 1.81. The van der Waals surface area contributed by atoms with Crippen LogP contribution in [0.15, 0.2) is 0 Å². The Hall–Kier alpha value is -0.610. The van der Waals surface area contributed by atoms with E-state index < -0.39 is 0 Å². The maximum absolute atomic E-state index is 12.1. The molecule has 0 aromatic heterocycles. The molecule has 4 nitrogen and oxygen atoms in total. The van der Waals surface area contributed by atoms with Gasteiger partial charge in [0.15, 0.2) is 0 Å². The van der Waals surface area contributed by atoms with Crippen molar-refractivity contribution in [2.45, 2.75) is 32.1 Å². The van der Waals surface area contributed by atoms with Gasteiger partial charge in [0.2, 0.25) is 5.91 Å². The zero-order valence-corrected chi connectivity index (χ0v) is 9.84. The Morgan fingerprint density at radius 1 is 1.44 bits per heavy atom. The standard InChI is InChI=1S/C12H22N2O2/c13-9-12(4-1-2-5-12)11(15)14-7-10-3-6-16-8-10/h10H,1-9,13H2,(H,14,15). The van der Waals surface area contributed by atoms with Crippen molar-refractivity contribution in [3.05, 3.63) is 0 Å². The third-order valence-electron chi connectivity index (χ3n) is 4.01. The molecule has 0 radical (unpaired) electrons. The van der Waals surface area contributed by atoms with Gasteiger partial charge in [0.25, 0.3) is 0 Å². The molecule has 1 aliphatic heterocycles. The van der Waals surface area contributed by atoms with Gasteiger partial charge >= 0.3 is 0 Å². The number of ether oxygens (including phenoxy) is 1. The van der Waals surface area contributed by atoms with Crippen LogP contribution in [0, 0.1) is 11.3 Å². The number of nitrogens with one attached hydrogen (secondary N) is 1. The first-order valence-corrected chi connectivity index (χ1v) is 6.33. The van der Waals surface area contributed by atoms with Crippen LogP contribution in [0.25, 0.3) is 0 Å². The van der Waals surface area contributed by atoms with E-state index in [4.69, 9.17) is 10.5 Å². The van der Waals surface area contributed by atoms with Gasteiger partial charge in [-0.25, -0.2) is 0 Å². The molecule has 92 valence electrons. The largest absolute Gasteiger partial charge is 0.381 e. The number of carbonyl (C=O) groups is 1. The Morgan fingerprint density at radius 2 is 2.19 bits per heavy atom. The molecule has 0 aromatic carbocycles. The first-order valence-electron chi connectivity index (χ1n) is 6.33. The lowest BCUT2D eigenvalue weighted by molar-refractivity contribution is -0.130. The molecule has 0 bridgehead atoms. The maximum Gasteiger partial charge on any atom is 0.227 e. The Morgan fingerprint density at radius 3 is 2.75 bits per heavy atom. The molecule has 1 saturated carbocycles. The van der Waals surface area contributed by atoms with Crippen molar-refractivity contribution in [3.63, 3.8) is 0 Å². The first-order chi connectivity index (χ1) is 7.77. The fraction of sp³-hybridized carbons (Fsp3) is 0.917.